The maximum Gasteiger partial charge on any atom is 0.459 e. The number of ether oxygens (including phenoxy) is 2. The van der Waals surface area contributed by atoms with Crippen molar-refractivity contribution in [2.45, 2.75) is 50.3 Å². The predicted molar refractivity (Wildman–Crippen MR) is 133 cm³/mol. The van der Waals surface area contributed by atoms with Crippen LogP contribution in [0.3, 0.4) is 0 Å². The summed E-state index contributed by atoms with van der Waals surface area (Å²) in [6.45, 7) is 3.86. The summed E-state index contributed by atoms with van der Waals surface area (Å²) in [7, 11) is -3.15. The molecule has 1 aliphatic heterocycles. The van der Waals surface area contributed by atoms with Gasteiger partial charge in [-0.25, -0.2) is 9.36 Å². The molecule has 0 saturated carbocycles. The molecule has 2 aromatic rings. The fraction of sp³-hybridized carbons (Fsp3) is 0.458. The lowest BCUT2D eigenvalue weighted by Gasteiger charge is -2.33. The second-order valence-electron chi connectivity index (χ2n) is 9.07. The summed E-state index contributed by atoms with van der Waals surface area (Å²) in [5, 5.41) is 34.1. The van der Waals surface area contributed by atoms with Crippen LogP contribution in [0.4, 0.5) is 0 Å². The van der Waals surface area contributed by atoms with Crippen molar-refractivity contribution in [1.29, 1.82) is 0 Å². The molecule has 1 aromatic heterocycles. The lowest BCUT2D eigenvalue weighted by Crippen LogP contribution is -2.53. The van der Waals surface area contributed by atoms with Gasteiger partial charge in [0.25, 0.3) is 0 Å². The molecule has 0 amide bonds. The largest absolute Gasteiger partial charge is 0.481 e. The van der Waals surface area contributed by atoms with Crippen LogP contribution >= 0.6 is 7.75 Å². The first kappa shape index (κ1) is 29.3. The van der Waals surface area contributed by atoms with Gasteiger partial charge < -0.3 is 29.3 Å². The number of carboxylic acid groups (broad SMARTS) is 1. The maximum absolute atomic E-state index is 13.8. The highest BCUT2D eigenvalue weighted by molar-refractivity contribution is 7.52. The van der Waals surface area contributed by atoms with Crippen molar-refractivity contribution in [1.82, 2.24) is 14.6 Å². The number of aromatic nitrogens is 2. The molecule has 0 bridgehead atoms. The van der Waals surface area contributed by atoms with Crippen molar-refractivity contribution >= 4 is 13.7 Å². The Morgan fingerprint density at radius 2 is 2.03 bits per heavy atom. The molecule has 0 spiro atoms. The maximum atomic E-state index is 13.8. The molecule has 6 atom stereocenters. The molecule has 2 unspecified atom stereocenters. The number of hydrogen-bond donors (Lipinski definition) is 4. The standard InChI is InChI=1S/C24H30N3O10P/c1-6-24(32)19(28)17(36-20(24)27-13-12-18(34-5)25-22(27)31)14-35-38(33,37-16-10-8-7-9-11-16)26-23(4,15(2)3)21(29)30/h1,7-13,15,17,19-20,28,32H,14H2,2-5H3,(H,26,33)(H,29,30)/t17-,19-,20-,23?,24-,38?/m1/s1. The van der Waals surface area contributed by atoms with E-state index in [2.05, 4.69) is 10.1 Å². The number of methoxy groups -OCH3 is 1. The summed E-state index contributed by atoms with van der Waals surface area (Å²) < 4.78 is 36.4. The fourth-order valence-corrected chi connectivity index (χ4v) is 5.44. The smallest absolute Gasteiger partial charge is 0.459 e. The lowest BCUT2D eigenvalue weighted by molar-refractivity contribution is -0.145. The number of aliphatic hydroxyl groups excluding tert-OH is 1. The van der Waals surface area contributed by atoms with Crippen LogP contribution in [0.25, 0.3) is 0 Å². The molecule has 13 nitrogen and oxygen atoms in total. The molecule has 4 N–H and O–H groups in total. The number of carboxylic acids is 1. The van der Waals surface area contributed by atoms with E-state index < -0.39 is 61.5 Å². The number of rotatable bonds is 11. The number of aliphatic carboxylic acids is 1. The van der Waals surface area contributed by atoms with E-state index in [1.165, 1.54) is 38.4 Å². The molecule has 0 aliphatic carbocycles. The zero-order valence-corrected chi connectivity index (χ0v) is 22.1. The van der Waals surface area contributed by atoms with E-state index in [4.69, 9.17) is 24.9 Å². The number of nitrogens with one attached hydrogen (secondary N) is 1. The summed E-state index contributed by atoms with van der Waals surface area (Å²) >= 11 is 0. The third kappa shape index (κ3) is 5.76. The number of aliphatic hydroxyl groups is 2. The second kappa shape index (κ2) is 11.2. The van der Waals surface area contributed by atoms with Crippen molar-refractivity contribution < 1.29 is 43.2 Å². The van der Waals surface area contributed by atoms with Gasteiger partial charge in [-0.05, 0) is 25.0 Å². The quantitative estimate of drug-likeness (QED) is 0.232. The van der Waals surface area contributed by atoms with Gasteiger partial charge in [0.2, 0.25) is 5.88 Å². The highest BCUT2D eigenvalue weighted by Crippen LogP contribution is 2.49. The molecule has 1 aromatic carbocycles. The van der Waals surface area contributed by atoms with Crippen molar-refractivity contribution in [2.75, 3.05) is 13.7 Å². The van der Waals surface area contributed by atoms with Crippen molar-refractivity contribution in [2.24, 2.45) is 5.92 Å². The van der Waals surface area contributed by atoms with Gasteiger partial charge in [-0.15, -0.1) is 6.42 Å². The second-order valence-corrected chi connectivity index (χ2v) is 10.7. The van der Waals surface area contributed by atoms with Crippen LogP contribution in [-0.4, -0.2) is 67.9 Å². The molecule has 14 heteroatoms. The van der Waals surface area contributed by atoms with E-state index in [0.717, 1.165) is 4.57 Å². The van der Waals surface area contributed by atoms with E-state index in [9.17, 15) is 29.5 Å². The van der Waals surface area contributed by atoms with Crippen molar-refractivity contribution in [3.63, 3.8) is 0 Å². The van der Waals surface area contributed by atoms with E-state index in [1.54, 1.807) is 32.0 Å². The van der Waals surface area contributed by atoms with Crippen LogP contribution in [0.15, 0.2) is 47.4 Å². The Morgan fingerprint density at radius 1 is 1.37 bits per heavy atom. The topological polar surface area (TPSA) is 179 Å². The Balaban J connectivity index is 1.91. The summed E-state index contributed by atoms with van der Waals surface area (Å²) in [6.07, 6.45) is 1.88. The van der Waals surface area contributed by atoms with Crippen LogP contribution in [-0.2, 0) is 18.6 Å². The molecule has 38 heavy (non-hydrogen) atoms. The Labute approximate surface area is 218 Å². The van der Waals surface area contributed by atoms with E-state index in [0.29, 0.717) is 0 Å². The monoisotopic (exact) mass is 551 g/mol. The highest BCUT2D eigenvalue weighted by atomic mass is 31.2. The first-order chi connectivity index (χ1) is 17.8. The zero-order valence-electron chi connectivity index (χ0n) is 21.2. The first-order valence-electron chi connectivity index (χ1n) is 11.5. The molecule has 2 heterocycles. The van der Waals surface area contributed by atoms with Crippen LogP contribution in [0.2, 0.25) is 0 Å². The molecule has 206 valence electrons. The van der Waals surface area contributed by atoms with Crippen molar-refractivity contribution in [3.05, 3.63) is 53.1 Å². The van der Waals surface area contributed by atoms with Crippen molar-refractivity contribution in [3.8, 4) is 24.0 Å². The third-order valence-electron chi connectivity index (χ3n) is 6.33. The number of carbonyl (C=O) groups is 1. The van der Waals surface area contributed by atoms with E-state index in [1.807, 2.05) is 5.92 Å². The van der Waals surface area contributed by atoms with Gasteiger partial charge in [-0.1, -0.05) is 38.0 Å². The molecule has 3 rings (SSSR count). The minimum absolute atomic E-state index is 0.00521. The Kier molecular flexibility index (Phi) is 8.68. The Bertz CT molecular complexity index is 1300. The molecule has 1 fully saturated rings. The summed E-state index contributed by atoms with van der Waals surface area (Å²) in [4.78, 5) is 28.2. The minimum Gasteiger partial charge on any atom is -0.481 e. The third-order valence-corrected chi connectivity index (χ3v) is 8.00. The van der Waals surface area contributed by atoms with Gasteiger partial charge in [0.1, 0.15) is 23.5 Å². The number of benzene rings is 1. The van der Waals surface area contributed by atoms with E-state index >= 15 is 0 Å². The molecule has 1 aliphatic rings. The number of hydrogen-bond acceptors (Lipinski definition) is 10. The molecule has 1 saturated heterocycles. The average Bonchev–Trinajstić information content (AvgIpc) is 3.13. The lowest BCUT2D eigenvalue weighted by atomic mass is 9.90. The predicted octanol–water partition coefficient (Wildman–Crippen LogP) is 1.17. The Hall–Kier alpha value is -3.24. The van der Waals surface area contributed by atoms with Crippen LogP contribution in [0.1, 0.15) is 27.0 Å². The van der Waals surface area contributed by atoms with Gasteiger partial charge >= 0.3 is 19.4 Å². The molecular weight excluding hydrogens is 521 g/mol. The fourth-order valence-electron chi connectivity index (χ4n) is 3.61. The van der Waals surface area contributed by atoms with Gasteiger partial charge in [0, 0.05) is 12.3 Å². The van der Waals surface area contributed by atoms with E-state index in [-0.39, 0.29) is 11.6 Å². The van der Waals surface area contributed by atoms with Crippen LogP contribution in [0.5, 0.6) is 11.6 Å². The summed E-state index contributed by atoms with van der Waals surface area (Å²) in [5.74, 6) is 0.293. The normalized spacial score (nSPS) is 26.2. The highest BCUT2D eigenvalue weighted by Gasteiger charge is 2.57. The van der Waals surface area contributed by atoms with Gasteiger partial charge in [-0.2, -0.15) is 10.1 Å². The molecule has 0 radical (unpaired) electrons. The SMILES string of the molecule is C#C[C@@]1(O)[C@H](O)[C@@H](COP(=O)(NC(C)(C(=O)O)C(C)C)Oc2ccccc2)O[C@H]1n1ccc(OC)nc1=O. The van der Waals surface area contributed by atoms with Gasteiger partial charge in [-0.3, -0.25) is 13.9 Å². The van der Waals surface area contributed by atoms with Gasteiger partial charge in [0.05, 0.1) is 13.7 Å². The van der Waals surface area contributed by atoms with Crippen LogP contribution < -0.4 is 20.0 Å². The number of para-hydroxylation sites is 1. The average molecular weight is 551 g/mol. The van der Waals surface area contributed by atoms with Crippen LogP contribution in [0, 0.1) is 18.3 Å². The summed E-state index contributed by atoms with van der Waals surface area (Å²) in [6, 6.07) is 9.22. The summed E-state index contributed by atoms with van der Waals surface area (Å²) in [5.41, 5.74) is -5.03. The first-order valence-corrected chi connectivity index (χ1v) is 13.0. The zero-order chi connectivity index (χ0) is 28.3. The number of nitrogens with zero attached hydrogens (tertiary/aromatic N) is 2. The Morgan fingerprint density at radius 3 is 2.55 bits per heavy atom. The molecular formula is C24H30N3O10P. The minimum atomic E-state index is -4.46. The number of terminal acetylenes is 1. The van der Waals surface area contributed by atoms with Gasteiger partial charge in [0.15, 0.2) is 11.8 Å².